The predicted octanol–water partition coefficient (Wildman–Crippen LogP) is -3.12. The molecule has 0 radical (unpaired) electrons. The van der Waals surface area contributed by atoms with Crippen LogP contribution < -0.4 is 32.5 Å². The molecule has 0 aromatic carbocycles. The van der Waals surface area contributed by atoms with Gasteiger partial charge in [0.05, 0.1) is 37.1 Å². The van der Waals surface area contributed by atoms with E-state index >= 15 is 0 Å². The zero-order chi connectivity index (χ0) is 19.1. The second kappa shape index (κ2) is 7.84. The number of fused-ring (bicyclic) bond motifs is 1. The van der Waals surface area contributed by atoms with Crippen molar-refractivity contribution < 1.29 is 9.18 Å². The van der Waals surface area contributed by atoms with Crippen LogP contribution in [0.3, 0.4) is 0 Å². The van der Waals surface area contributed by atoms with Gasteiger partial charge in [-0.05, 0) is 26.9 Å². The Morgan fingerprint density at radius 1 is 1.30 bits per heavy atom. The Morgan fingerprint density at radius 2 is 2.11 bits per heavy atom. The molecule has 0 bridgehead atoms. The molecule has 4 aliphatic heterocycles. The molecule has 7 N–H and O–H groups in total. The van der Waals surface area contributed by atoms with Gasteiger partial charge < -0.3 is 16.0 Å². The Morgan fingerprint density at radius 3 is 2.85 bits per heavy atom. The largest absolute Gasteiger partial charge is 0.350 e. The van der Waals surface area contributed by atoms with Gasteiger partial charge in [0.1, 0.15) is 6.17 Å². The summed E-state index contributed by atoms with van der Waals surface area (Å²) in [6.07, 6.45) is -0.595. The second-order valence-corrected chi connectivity index (χ2v) is 8.14. The zero-order valence-corrected chi connectivity index (χ0v) is 16.0. The molecule has 0 saturated carbocycles. The van der Waals surface area contributed by atoms with Gasteiger partial charge in [-0.15, -0.1) is 0 Å². The molecular weight excluding hydrogens is 353 g/mol. The number of hydrogen-bond donors (Lipinski definition) is 6. The van der Waals surface area contributed by atoms with Gasteiger partial charge in [0, 0.05) is 25.7 Å². The summed E-state index contributed by atoms with van der Waals surface area (Å²) < 4.78 is 13.6. The maximum atomic E-state index is 13.6. The standard InChI is InChI=1S/C16H32FN9O/c1-9-20-8-21-26(9)12-3-4-24(2)7-11(12)22-16(27)13-14(18)23-25-6-10(17)5-19-15(13)25/h9-15,19-21,23H,3-8,18H2,1-2H3,(H,22,27). The average Bonchev–Trinajstić information content (AvgIpc) is 3.17. The lowest BCUT2D eigenvalue weighted by Gasteiger charge is -2.43. The third kappa shape index (κ3) is 3.83. The van der Waals surface area contributed by atoms with E-state index in [4.69, 9.17) is 5.73 Å². The predicted molar refractivity (Wildman–Crippen MR) is 98.3 cm³/mol. The number of nitrogens with two attached hydrogens (primary N) is 1. The molecule has 4 saturated heterocycles. The van der Waals surface area contributed by atoms with Crippen LogP contribution in [0.25, 0.3) is 0 Å². The van der Waals surface area contributed by atoms with Crippen molar-refractivity contribution in [2.45, 2.75) is 50.1 Å². The first kappa shape index (κ1) is 19.4. The topological polar surface area (TPSA) is 113 Å². The lowest BCUT2D eigenvalue weighted by atomic mass is 9.96. The second-order valence-electron chi connectivity index (χ2n) is 8.14. The van der Waals surface area contributed by atoms with Crippen molar-refractivity contribution in [3.63, 3.8) is 0 Å². The highest BCUT2D eigenvalue weighted by Gasteiger charge is 2.48. The number of nitrogens with zero attached hydrogens (tertiary/aromatic N) is 3. The minimum Gasteiger partial charge on any atom is -0.350 e. The Kier molecular flexibility index (Phi) is 5.63. The summed E-state index contributed by atoms with van der Waals surface area (Å²) in [6.45, 7) is 5.11. The Balaban J connectivity index is 1.45. The van der Waals surface area contributed by atoms with Gasteiger partial charge in [-0.2, -0.15) is 0 Å². The van der Waals surface area contributed by atoms with Crippen LogP contribution in [0.2, 0.25) is 0 Å². The van der Waals surface area contributed by atoms with E-state index in [2.05, 4.69) is 50.7 Å². The summed E-state index contributed by atoms with van der Waals surface area (Å²) in [7, 11) is 2.07. The molecule has 0 aromatic heterocycles. The van der Waals surface area contributed by atoms with Crippen molar-refractivity contribution in [3.05, 3.63) is 0 Å². The van der Waals surface area contributed by atoms with Crippen LogP contribution >= 0.6 is 0 Å². The summed E-state index contributed by atoms with van der Waals surface area (Å²) in [4.78, 5) is 15.4. The SMILES string of the molecule is CC1NCNN1C1CCN(C)CC1NC(=O)C1C(N)NN2CC(F)CNC12. The van der Waals surface area contributed by atoms with Gasteiger partial charge in [-0.3, -0.25) is 15.4 Å². The molecule has 1 amide bonds. The van der Waals surface area contributed by atoms with Gasteiger partial charge in [0.2, 0.25) is 5.91 Å². The van der Waals surface area contributed by atoms with Crippen LogP contribution in [0.5, 0.6) is 0 Å². The van der Waals surface area contributed by atoms with Crippen LogP contribution in [0, 0.1) is 5.92 Å². The number of rotatable bonds is 3. The summed E-state index contributed by atoms with van der Waals surface area (Å²) in [5.41, 5.74) is 12.6. The number of piperidine rings is 1. The Bertz CT molecular complexity index is 554. The normalized spacial score (nSPS) is 44.4. The molecule has 4 heterocycles. The van der Waals surface area contributed by atoms with Gasteiger partial charge in [-0.25, -0.2) is 25.3 Å². The molecule has 154 valence electrons. The molecule has 4 aliphatic rings. The van der Waals surface area contributed by atoms with E-state index in [1.54, 1.807) is 5.01 Å². The third-order valence-electron chi connectivity index (χ3n) is 6.16. The lowest BCUT2D eigenvalue weighted by Crippen LogP contribution is -2.65. The first-order valence-electron chi connectivity index (χ1n) is 9.84. The van der Waals surface area contributed by atoms with Gasteiger partial charge in [-0.1, -0.05) is 0 Å². The van der Waals surface area contributed by atoms with E-state index < -0.39 is 18.3 Å². The number of hydrogen-bond acceptors (Lipinski definition) is 9. The molecule has 0 spiro atoms. The molecule has 11 heteroatoms. The quantitative estimate of drug-likeness (QED) is 0.300. The smallest absolute Gasteiger partial charge is 0.229 e. The number of likely N-dealkylation sites (tertiary alicyclic amines) is 1. The average molecular weight is 385 g/mol. The molecule has 10 nitrogen and oxygen atoms in total. The number of hydrazine groups is 2. The molecular formula is C16H32FN9O. The minimum atomic E-state index is -0.964. The number of amides is 1. The number of carbonyl (C=O) groups is 1. The van der Waals surface area contributed by atoms with Crippen molar-refractivity contribution in [2.75, 3.05) is 39.9 Å². The molecule has 7 atom stereocenters. The van der Waals surface area contributed by atoms with Crippen LogP contribution in [0.1, 0.15) is 13.3 Å². The molecule has 7 unspecified atom stereocenters. The Hall–Kier alpha value is -0.920. The number of likely N-dealkylation sites (N-methyl/N-ethyl adjacent to an activating group) is 1. The summed E-state index contributed by atoms with van der Waals surface area (Å²) in [6, 6.07) is 0.191. The van der Waals surface area contributed by atoms with Crippen molar-refractivity contribution in [1.82, 2.24) is 41.7 Å². The fourth-order valence-electron chi connectivity index (χ4n) is 4.76. The highest BCUT2D eigenvalue weighted by molar-refractivity contribution is 5.81. The minimum absolute atomic E-state index is 0.00939. The zero-order valence-electron chi connectivity index (χ0n) is 16.0. The van der Waals surface area contributed by atoms with Crippen LogP contribution in [-0.4, -0.2) is 97.5 Å². The van der Waals surface area contributed by atoms with Gasteiger partial charge >= 0.3 is 0 Å². The van der Waals surface area contributed by atoms with Crippen LogP contribution in [0.15, 0.2) is 0 Å². The van der Waals surface area contributed by atoms with E-state index in [0.29, 0.717) is 0 Å². The van der Waals surface area contributed by atoms with E-state index in [9.17, 15) is 9.18 Å². The number of halogens is 1. The van der Waals surface area contributed by atoms with E-state index in [1.807, 2.05) is 0 Å². The molecule has 4 fully saturated rings. The maximum absolute atomic E-state index is 13.6. The third-order valence-corrected chi connectivity index (χ3v) is 6.16. The fourth-order valence-corrected chi connectivity index (χ4v) is 4.76. The first-order chi connectivity index (χ1) is 12.9. The fraction of sp³-hybridized carbons (Fsp3) is 0.938. The van der Waals surface area contributed by atoms with E-state index in [1.165, 1.54) is 0 Å². The van der Waals surface area contributed by atoms with Crippen molar-refractivity contribution in [3.8, 4) is 0 Å². The van der Waals surface area contributed by atoms with Gasteiger partial charge in [0.15, 0.2) is 0 Å². The summed E-state index contributed by atoms with van der Waals surface area (Å²) in [5, 5.41) is 13.7. The Labute approximate surface area is 159 Å². The van der Waals surface area contributed by atoms with Crippen molar-refractivity contribution in [1.29, 1.82) is 0 Å². The summed E-state index contributed by atoms with van der Waals surface area (Å²) >= 11 is 0. The van der Waals surface area contributed by atoms with E-state index in [-0.39, 0.29) is 43.4 Å². The van der Waals surface area contributed by atoms with E-state index in [0.717, 1.165) is 26.2 Å². The molecule has 4 rings (SSSR count). The van der Waals surface area contributed by atoms with Crippen LogP contribution in [0.4, 0.5) is 4.39 Å². The highest BCUT2D eigenvalue weighted by Crippen LogP contribution is 2.24. The number of nitrogens with one attached hydrogen (secondary N) is 5. The van der Waals surface area contributed by atoms with Crippen LogP contribution in [-0.2, 0) is 4.79 Å². The van der Waals surface area contributed by atoms with Crippen molar-refractivity contribution >= 4 is 5.91 Å². The summed E-state index contributed by atoms with van der Waals surface area (Å²) in [5.74, 6) is -0.551. The highest BCUT2D eigenvalue weighted by atomic mass is 19.1. The van der Waals surface area contributed by atoms with Crippen molar-refractivity contribution in [2.24, 2.45) is 11.7 Å². The monoisotopic (exact) mass is 385 g/mol. The van der Waals surface area contributed by atoms with Gasteiger partial charge in [0.25, 0.3) is 0 Å². The molecule has 0 aliphatic carbocycles. The maximum Gasteiger partial charge on any atom is 0.229 e. The molecule has 27 heavy (non-hydrogen) atoms. The number of alkyl halides is 1. The molecule has 0 aromatic rings. The number of carbonyl (C=O) groups excluding carboxylic acids is 1. The lowest BCUT2D eigenvalue weighted by molar-refractivity contribution is -0.128. The first-order valence-corrected chi connectivity index (χ1v) is 9.84.